The third-order valence-electron chi connectivity index (χ3n) is 6.50. The predicted octanol–water partition coefficient (Wildman–Crippen LogP) is 4.83. The molecule has 1 fully saturated rings. The van der Waals surface area contributed by atoms with Gasteiger partial charge in [-0.15, -0.1) is 0 Å². The number of ether oxygens (including phenoxy) is 1. The number of thiazole rings is 1. The average Bonchev–Trinajstić information content (AvgIpc) is 3.56. The van der Waals surface area contributed by atoms with Crippen molar-refractivity contribution in [3.63, 3.8) is 0 Å². The van der Waals surface area contributed by atoms with Crippen LogP contribution in [0, 0.1) is 17.0 Å². The molecule has 13 heteroatoms. The van der Waals surface area contributed by atoms with Crippen LogP contribution in [0.4, 0.5) is 10.8 Å². The summed E-state index contributed by atoms with van der Waals surface area (Å²) in [4.78, 5) is 42.1. The van der Waals surface area contributed by atoms with E-state index in [1.807, 2.05) is 6.92 Å². The van der Waals surface area contributed by atoms with Gasteiger partial charge in [0.05, 0.1) is 34.7 Å². The van der Waals surface area contributed by atoms with Gasteiger partial charge in [-0.3, -0.25) is 24.6 Å². The van der Waals surface area contributed by atoms with E-state index in [2.05, 4.69) is 4.98 Å². The van der Waals surface area contributed by atoms with Gasteiger partial charge >= 0.3 is 5.91 Å². The molecule has 0 saturated carbocycles. The highest BCUT2D eigenvalue weighted by Crippen LogP contribution is 2.44. The Hall–Kier alpha value is -4.88. The molecule has 1 aliphatic rings. The fraction of sp³-hybridized carbons (Fsp3) is 0.107. The van der Waals surface area contributed by atoms with E-state index in [0.29, 0.717) is 28.2 Å². The molecular formula is C28H21N3O8S2. The van der Waals surface area contributed by atoms with E-state index < -0.39 is 32.5 Å². The van der Waals surface area contributed by atoms with Crippen LogP contribution in [0.25, 0.3) is 5.76 Å². The fourth-order valence-corrected chi connectivity index (χ4v) is 6.89. The maximum absolute atomic E-state index is 13.4. The van der Waals surface area contributed by atoms with E-state index in [9.17, 15) is 33.2 Å². The van der Waals surface area contributed by atoms with Gasteiger partial charge in [-0.25, -0.2) is 13.4 Å². The van der Waals surface area contributed by atoms with Crippen LogP contribution in [-0.4, -0.2) is 42.2 Å². The number of hydrogen-bond donors (Lipinski definition) is 1. The van der Waals surface area contributed by atoms with Gasteiger partial charge in [0, 0.05) is 17.7 Å². The summed E-state index contributed by atoms with van der Waals surface area (Å²) in [6, 6.07) is 16.5. The first-order valence-electron chi connectivity index (χ1n) is 12.0. The lowest BCUT2D eigenvalue weighted by molar-refractivity contribution is -0.384. The van der Waals surface area contributed by atoms with Crippen LogP contribution < -0.4 is 9.64 Å². The number of aromatic nitrogens is 1. The first-order valence-corrected chi connectivity index (χ1v) is 14.3. The standard InChI is InChI=1S/C28H21N3O8S2/c1-16-3-5-18(6-4-16)25(32)23-24(17-7-11-20(39-2)12-8-17)30(27(34)26(23)33)28-29-15-22(40-28)41(37,38)21-13-9-19(10-14-21)31(35)36/h3-15,24,32H,1-2H3/t24-/m1/s1. The average molecular weight is 592 g/mol. The number of ketones is 1. The molecule has 208 valence electrons. The van der Waals surface area contributed by atoms with Crippen LogP contribution in [0.2, 0.25) is 0 Å². The molecule has 0 spiro atoms. The zero-order valence-electron chi connectivity index (χ0n) is 21.5. The SMILES string of the molecule is COc1ccc([C@@H]2C(=C(O)c3ccc(C)cc3)C(=O)C(=O)N2c2ncc(S(=O)(=O)c3ccc([N+](=O)[O-])cc3)s2)cc1. The molecule has 3 aromatic carbocycles. The second-order valence-electron chi connectivity index (χ2n) is 9.02. The van der Waals surface area contributed by atoms with Crippen LogP contribution >= 0.6 is 11.3 Å². The summed E-state index contributed by atoms with van der Waals surface area (Å²) in [7, 11) is -2.67. The number of Topliss-reactive ketones (excluding diaryl/α,β-unsaturated/α-hetero) is 1. The van der Waals surface area contributed by atoms with E-state index in [4.69, 9.17) is 4.74 Å². The number of nitrogens with zero attached hydrogens (tertiary/aromatic N) is 3. The molecule has 1 atom stereocenters. The number of non-ortho nitro benzene ring substituents is 1. The quantitative estimate of drug-likeness (QED) is 0.105. The topological polar surface area (TPSA) is 157 Å². The Morgan fingerprint density at radius 1 is 1.02 bits per heavy atom. The van der Waals surface area contributed by atoms with Crippen molar-refractivity contribution in [1.82, 2.24) is 4.98 Å². The van der Waals surface area contributed by atoms with Crippen LogP contribution in [0.15, 0.2) is 93.7 Å². The molecule has 2 heterocycles. The Morgan fingerprint density at radius 3 is 2.24 bits per heavy atom. The van der Waals surface area contributed by atoms with E-state index in [-0.39, 0.29) is 31.3 Å². The van der Waals surface area contributed by atoms with Crippen molar-refractivity contribution in [3.8, 4) is 5.75 Å². The van der Waals surface area contributed by atoms with E-state index in [1.165, 1.54) is 7.11 Å². The number of rotatable bonds is 7. The van der Waals surface area contributed by atoms with E-state index in [1.54, 1.807) is 48.5 Å². The minimum Gasteiger partial charge on any atom is -0.507 e. The molecular weight excluding hydrogens is 570 g/mol. The Balaban J connectivity index is 1.62. The van der Waals surface area contributed by atoms with Crippen LogP contribution in [0.1, 0.15) is 22.7 Å². The molecule has 5 rings (SSSR count). The third kappa shape index (κ3) is 4.96. The van der Waals surface area contributed by atoms with Crippen molar-refractivity contribution in [1.29, 1.82) is 0 Å². The normalized spacial score (nSPS) is 16.6. The molecule has 1 N–H and O–H groups in total. The number of carbonyl (C=O) groups is 2. The predicted molar refractivity (Wildman–Crippen MR) is 150 cm³/mol. The molecule has 1 aromatic heterocycles. The lowest BCUT2D eigenvalue weighted by Gasteiger charge is -2.23. The summed E-state index contributed by atoms with van der Waals surface area (Å²) in [5, 5.41) is 22.1. The first kappa shape index (κ1) is 27.7. The van der Waals surface area contributed by atoms with Crippen LogP contribution in [-0.2, 0) is 19.4 Å². The number of methoxy groups -OCH3 is 1. The summed E-state index contributed by atoms with van der Waals surface area (Å²) in [6.45, 7) is 1.87. The van der Waals surface area contributed by atoms with Gasteiger partial charge in [-0.2, -0.15) is 0 Å². The maximum atomic E-state index is 13.4. The lowest BCUT2D eigenvalue weighted by Crippen LogP contribution is -2.29. The molecule has 0 unspecified atom stereocenters. The Morgan fingerprint density at radius 2 is 1.66 bits per heavy atom. The summed E-state index contributed by atoms with van der Waals surface area (Å²) in [5.74, 6) is -1.82. The highest BCUT2D eigenvalue weighted by molar-refractivity contribution is 7.93. The maximum Gasteiger partial charge on any atom is 0.301 e. The van der Waals surface area contributed by atoms with E-state index >= 15 is 0 Å². The minimum absolute atomic E-state index is 0.0867. The largest absolute Gasteiger partial charge is 0.507 e. The van der Waals surface area contributed by atoms with Gasteiger partial charge in [-0.1, -0.05) is 53.3 Å². The molecule has 0 radical (unpaired) electrons. The molecule has 41 heavy (non-hydrogen) atoms. The molecule has 11 nitrogen and oxygen atoms in total. The molecule has 1 aliphatic heterocycles. The number of hydrogen-bond acceptors (Lipinski definition) is 10. The number of amides is 1. The van der Waals surface area contributed by atoms with Gasteiger partial charge in [0.2, 0.25) is 9.84 Å². The highest BCUT2D eigenvalue weighted by atomic mass is 32.2. The van der Waals surface area contributed by atoms with Crippen molar-refractivity contribution >= 4 is 49.4 Å². The van der Waals surface area contributed by atoms with Crippen molar-refractivity contribution in [2.24, 2.45) is 0 Å². The molecule has 4 aromatic rings. The first-order chi connectivity index (χ1) is 19.5. The van der Waals surface area contributed by atoms with Crippen LogP contribution in [0.3, 0.4) is 0 Å². The minimum atomic E-state index is -4.16. The Bertz CT molecular complexity index is 1810. The number of aliphatic hydroxyl groups is 1. The number of benzene rings is 3. The monoisotopic (exact) mass is 591 g/mol. The molecule has 0 bridgehead atoms. The van der Waals surface area contributed by atoms with Crippen molar-refractivity contribution < 1.29 is 32.8 Å². The zero-order chi connectivity index (χ0) is 29.5. The number of aryl methyl sites for hydroxylation is 1. The third-order valence-corrected chi connectivity index (χ3v) is 9.73. The van der Waals surface area contributed by atoms with Crippen molar-refractivity contribution in [2.75, 3.05) is 12.0 Å². The number of aliphatic hydroxyl groups excluding tert-OH is 1. The molecule has 1 saturated heterocycles. The van der Waals surface area contributed by atoms with Gasteiger partial charge < -0.3 is 9.84 Å². The van der Waals surface area contributed by atoms with Gasteiger partial charge in [-0.05, 0) is 36.8 Å². The smallest absolute Gasteiger partial charge is 0.301 e. The van der Waals surface area contributed by atoms with Gasteiger partial charge in [0.1, 0.15) is 15.7 Å². The number of sulfone groups is 1. The Labute approximate surface area is 238 Å². The second-order valence-corrected chi connectivity index (χ2v) is 12.2. The second kappa shape index (κ2) is 10.6. The lowest BCUT2D eigenvalue weighted by atomic mass is 9.95. The van der Waals surface area contributed by atoms with Crippen molar-refractivity contribution in [2.45, 2.75) is 22.1 Å². The van der Waals surface area contributed by atoms with Gasteiger partial charge in [0.15, 0.2) is 5.13 Å². The zero-order valence-corrected chi connectivity index (χ0v) is 23.2. The molecule has 0 aliphatic carbocycles. The summed E-state index contributed by atoms with van der Waals surface area (Å²) in [6.07, 6.45) is 1.06. The summed E-state index contributed by atoms with van der Waals surface area (Å²) >= 11 is 0.657. The highest BCUT2D eigenvalue weighted by Gasteiger charge is 2.48. The van der Waals surface area contributed by atoms with E-state index in [0.717, 1.165) is 40.9 Å². The van der Waals surface area contributed by atoms with Crippen molar-refractivity contribution in [3.05, 3.63) is 111 Å². The number of nitro groups is 1. The fourth-order valence-electron chi connectivity index (χ4n) is 4.35. The Kier molecular flexibility index (Phi) is 7.15. The van der Waals surface area contributed by atoms with Crippen LogP contribution in [0.5, 0.6) is 5.75 Å². The summed E-state index contributed by atoms with van der Waals surface area (Å²) in [5.41, 5.74) is 1.25. The molecule has 1 amide bonds. The van der Waals surface area contributed by atoms with Gasteiger partial charge in [0.25, 0.3) is 11.5 Å². The number of carbonyl (C=O) groups excluding carboxylic acids is 2. The summed E-state index contributed by atoms with van der Waals surface area (Å²) < 4.78 is 31.5. The number of nitro benzene ring substituents is 1. The number of anilines is 1.